The van der Waals surface area contributed by atoms with Gasteiger partial charge in [-0.25, -0.2) is 8.42 Å². The average molecular weight is 415 g/mol. The van der Waals surface area contributed by atoms with Crippen molar-refractivity contribution in [3.8, 4) is 0 Å². The van der Waals surface area contributed by atoms with Crippen LogP contribution in [0.25, 0.3) is 0 Å². The molecule has 7 heteroatoms. The van der Waals surface area contributed by atoms with Crippen LogP contribution in [-0.2, 0) is 21.2 Å². The second kappa shape index (κ2) is 9.01. The van der Waals surface area contributed by atoms with E-state index in [-0.39, 0.29) is 11.3 Å². The minimum absolute atomic E-state index is 0.104. The lowest BCUT2D eigenvalue weighted by molar-refractivity contribution is -0.117. The number of amides is 1. The van der Waals surface area contributed by atoms with Gasteiger partial charge in [-0.15, -0.1) is 0 Å². The van der Waals surface area contributed by atoms with Crippen LogP contribution in [0.3, 0.4) is 0 Å². The Kier molecular flexibility index (Phi) is 6.46. The quantitative estimate of drug-likeness (QED) is 0.616. The van der Waals surface area contributed by atoms with Crippen LogP contribution in [-0.4, -0.2) is 20.4 Å². The van der Waals surface area contributed by atoms with Crippen molar-refractivity contribution < 1.29 is 13.2 Å². The monoisotopic (exact) mass is 414 g/mol. The third-order valence-electron chi connectivity index (χ3n) is 4.06. The molecule has 0 unspecified atom stereocenters. The summed E-state index contributed by atoms with van der Waals surface area (Å²) in [6.45, 7) is 0. The smallest absolute Gasteiger partial charge is 0.242 e. The molecule has 0 aromatic heterocycles. The number of nitrogens with one attached hydrogen (secondary N) is 2. The molecule has 0 radical (unpaired) electrons. The summed E-state index contributed by atoms with van der Waals surface area (Å²) < 4.78 is 28.0. The summed E-state index contributed by atoms with van der Waals surface area (Å²) >= 11 is 5.87. The Morgan fingerprint density at radius 2 is 1.43 bits per heavy atom. The molecule has 0 saturated carbocycles. The molecule has 0 fully saturated rings. The van der Waals surface area contributed by atoms with E-state index in [0.717, 1.165) is 5.56 Å². The third-order valence-corrected chi connectivity index (χ3v) is 5.80. The SMILES string of the molecule is O=C(Nc1ccc(Cl)cc1)[C@@H](Cc1ccccc1)NS(=O)(=O)c1ccccc1. The van der Waals surface area contributed by atoms with Gasteiger partial charge < -0.3 is 5.32 Å². The highest BCUT2D eigenvalue weighted by Crippen LogP contribution is 2.15. The molecule has 28 heavy (non-hydrogen) atoms. The number of hydrogen-bond acceptors (Lipinski definition) is 3. The predicted molar refractivity (Wildman–Crippen MR) is 111 cm³/mol. The van der Waals surface area contributed by atoms with Gasteiger partial charge in [0.05, 0.1) is 4.90 Å². The number of benzene rings is 3. The maximum atomic E-state index is 12.8. The number of rotatable bonds is 7. The van der Waals surface area contributed by atoms with E-state index in [1.165, 1.54) is 12.1 Å². The molecule has 144 valence electrons. The molecule has 5 nitrogen and oxygen atoms in total. The Bertz CT molecular complexity index is 1020. The zero-order chi connectivity index (χ0) is 20.0. The number of sulfonamides is 1. The fourth-order valence-electron chi connectivity index (χ4n) is 2.66. The first-order valence-corrected chi connectivity index (χ1v) is 10.5. The molecule has 3 aromatic rings. The second-order valence-corrected chi connectivity index (χ2v) is 8.32. The van der Waals surface area contributed by atoms with Crippen LogP contribution in [0.5, 0.6) is 0 Å². The van der Waals surface area contributed by atoms with Gasteiger partial charge in [0.25, 0.3) is 0 Å². The number of carbonyl (C=O) groups excluding carboxylic acids is 1. The first-order chi connectivity index (χ1) is 13.4. The van der Waals surface area contributed by atoms with Gasteiger partial charge in [-0.05, 0) is 48.4 Å². The molecule has 1 atom stereocenters. The van der Waals surface area contributed by atoms with Crippen LogP contribution in [0.1, 0.15) is 5.56 Å². The van der Waals surface area contributed by atoms with E-state index in [2.05, 4.69) is 10.0 Å². The van der Waals surface area contributed by atoms with Crippen LogP contribution < -0.4 is 10.0 Å². The Labute approximate surface area is 169 Å². The summed E-state index contributed by atoms with van der Waals surface area (Å²) in [5, 5.41) is 3.28. The van der Waals surface area contributed by atoms with Gasteiger partial charge >= 0.3 is 0 Å². The third kappa shape index (κ3) is 5.42. The maximum absolute atomic E-state index is 12.8. The lowest BCUT2D eigenvalue weighted by Crippen LogP contribution is -2.45. The maximum Gasteiger partial charge on any atom is 0.242 e. The fraction of sp³-hybridized carbons (Fsp3) is 0.0952. The van der Waals surface area contributed by atoms with E-state index in [1.54, 1.807) is 42.5 Å². The van der Waals surface area contributed by atoms with Crippen LogP contribution in [0.15, 0.2) is 89.8 Å². The average Bonchev–Trinajstić information content (AvgIpc) is 2.70. The molecule has 0 saturated heterocycles. The molecule has 0 aliphatic rings. The zero-order valence-corrected chi connectivity index (χ0v) is 16.5. The van der Waals surface area contributed by atoms with E-state index in [1.807, 2.05) is 30.3 Å². The van der Waals surface area contributed by atoms with Crippen molar-refractivity contribution in [1.82, 2.24) is 4.72 Å². The molecule has 0 aliphatic heterocycles. The largest absolute Gasteiger partial charge is 0.325 e. The normalized spacial score (nSPS) is 12.3. The summed E-state index contributed by atoms with van der Waals surface area (Å²) in [6.07, 6.45) is 0.215. The van der Waals surface area contributed by atoms with Crippen molar-refractivity contribution in [3.63, 3.8) is 0 Å². The summed E-state index contributed by atoms with van der Waals surface area (Å²) in [5.74, 6) is -0.453. The first kappa shape index (κ1) is 20.1. The minimum Gasteiger partial charge on any atom is -0.325 e. The van der Waals surface area contributed by atoms with E-state index in [4.69, 9.17) is 11.6 Å². The van der Waals surface area contributed by atoms with Crippen molar-refractivity contribution in [2.45, 2.75) is 17.4 Å². The van der Waals surface area contributed by atoms with Crippen molar-refractivity contribution in [2.24, 2.45) is 0 Å². The molecule has 1 amide bonds. The fourth-order valence-corrected chi connectivity index (χ4v) is 4.00. The van der Waals surface area contributed by atoms with Gasteiger partial charge in [-0.1, -0.05) is 60.1 Å². The van der Waals surface area contributed by atoms with Gasteiger partial charge in [0.2, 0.25) is 15.9 Å². The van der Waals surface area contributed by atoms with E-state index in [9.17, 15) is 13.2 Å². The molecule has 3 rings (SSSR count). The number of hydrogen-bond donors (Lipinski definition) is 2. The lowest BCUT2D eigenvalue weighted by Gasteiger charge is -2.19. The number of carbonyl (C=O) groups is 1. The number of halogens is 1. The van der Waals surface area contributed by atoms with Crippen molar-refractivity contribution in [3.05, 3.63) is 95.5 Å². The van der Waals surface area contributed by atoms with Crippen LogP contribution >= 0.6 is 11.6 Å². The molecule has 0 bridgehead atoms. The zero-order valence-electron chi connectivity index (χ0n) is 14.9. The second-order valence-electron chi connectivity index (χ2n) is 6.17. The van der Waals surface area contributed by atoms with Crippen LogP contribution in [0, 0.1) is 0 Å². The molecular formula is C21H19ClN2O3S. The van der Waals surface area contributed by atoms with E-state index < -0.39 is 22.0 Å². The molecular weight excluding hydrogens is 396 g/mol. The highest BCUT2D eigenvalue weighted by Gasteiger charge is 2.26. The molecule has 0 aliphatic carbocycles. The van der Waals surface area contributed by atoms with Gasteiger partial charge in [-0.2, -0.15) is 4.72 Å². The van der Waals surface area contributed by atoms with Crippen LogP contribution in [0.2, 0.25) is 5.02 Å². The summed E-state index contributed by atoms with van der Waals surface area (Å²) in [6, 6.07) is 22.8. The molecule has 0 heterocycles. The topological polar surface area (TPSA) is 75.3 Å². The van der Waals surface area contributed by atoms with Crippen molar-refractivity contribution in [1.29, 1.82) is 0 Å². The Hall–Kier alpha value is -2.67. The lowest BCUT2D eigenvalue weighted by atomic mass is 10.1. The Morgan fingerprint density at radius 1 is 0.857 bits per heavy atom. The summed E-state index contributed by atoms with van der Waals surface area (Å²) in [5.41, 5.74) is 1.38. The van der Waals surface area contributed by atoms with Gasteiger partial charge in [0, 0.05) is 10.7 Å². The molecule has 3 aromatic carbocycles. The summed E-state index contributed by atoms with van der Waals surface area (Å²) in [4.78, 5) is 12.9. The highest BCUT2D eigenvalue weighted by molar-refractivity contribution is 7.89. The molecule has 0 spiro atoms. The van der Waals surface area contributed by atoms with Gasteiger partial charge in [-0.3, -0.25) is 4.79 Å². The van der Waals surface area contributed by atoms with Gasteiger partial charge in [0.15, 0.2) is 0 Å². The van der Waals surface area contributed by atoms with Crippen molar-refractivity contribution >= 4 is 33.2 Å². The van der Waals surface area contributed by atoms with E-state index >= 15 is 0 Å². The summed E-state index contributed by atoms with van der Waals surface area (Å²) in [7, 11) is -3.86. The van der Waals surface area contributed by atoms with Gasteiger partial charge in [0.1, 0.15) is 6.04 Å². The van der Waals surface area contributed by atoms with E-state index in [0.29, 0.717) is 10.7 Å². The highest BCUT2D eigenvalue weighted by atomic mass is 35.5. The van der Waals surface area contributed by atoms with Crippen molar-refractivity contribution in [2.75, 3.05) is 5.32 Å². The first-order valence-electron chi connectivity index (χ1n) is 8.62. The van der Waals surface area contributed by atoms with Crippen LogP contribution in [0.4, 0.5) is 5.69 Å². The number of anilines is 1. The Balaban J connectivity index is 1.84. The Morgan fingerprint density at radius 3 is 2.04 bits per heavy atom. The minimum atomic E-state index is -3.86. The standard InChI is InChI=1S/C21H19ClN2O3S/c22-17-11-13-18(14-12-17)23-21(25)20(15-16-7-3-1-4-8-16)24-28(26,27)19-9-5-2-6-10-19/h1-14,20,24H,15H2,(H,23,25)/t20-/m1/s1. The predicted octanol–water partition coefficient (Wildman–Crippen LogP) is 3.87. The molecule has 2 N–H and O–H groups in total.